The van der Waals surface area contributed by atoms with Gasteiger partial charge in [-0.1, -0.05) is 12.1 Å². The van der Waals surface area contributed by atoms with Gasteiger partial charge in [0.1, 0.15) is 6.54 Å². The van der Waals surface area contributed by atoms with Crippen molar-refractivity contribution >= 4 is 12.0 Å². The third-order valence-electron chi connectivity index (χ3n) is 2.33. The quantitative estimate of drug-likeness (QED) is 0.755. The molecule has 2 amide bonds. The average Bonchev–Trinajstić information content (AvgIpc) is 2.35. The number of amides is 2. The van der Waals surface area contributed by atoms with Crippen LogP contribution in [0.25, 0.3) is 0 Å². The standard InChI is InChI=1S/C13H17N3O3/c1-3-7-16(9-12(17)18)13(19)14-8-11-6-4-5-10(2)15-11/h3-6H,1,7-9H2,2H3,(H,14,19)(H,17,18). The van der Waals surface area contributed by atoms with Crippen LogP contribution in [-0.2, 0) is 11.3 Å². The lowest BCUT2D eigenvalue weighted by molar-refractivity contribution is -0.137. The topological polar surface area (TPSA) is 82.5 Å². The maximum absolute atomic E-state index is 11.8. The SMILES string of the molecule is C=CCN(CC(=O)O)C(=O)NCc1cccc(C)n1. The minimum Gasteiger partial charge on any atom is -0.480 e. The van der Waals surface area contributed by atoms with Crippen LogP contribution in [0.1, 0.15) is 11.4 Å². The van der Waals surface area contributed by atoms with E-state index in [1.165, 1.54) is 6.08 Å². The van der Waals surface area contributed by atoms with Gasteiger partial charge >= 0.3 is 12.0 Å². The molecule has 102 valence electrons. The molecule has 0 aromatic carbocycles. The summed E-state index contributed by atoms with van der Waals surface area (Å²) in [5, 5.41) is 11.3. The molecule has 1 aromatic rings. The Morgan fingerprint density at radius 1 is 1.53 bits per heavy atom. The Balaban J connectivity index is 2.56. The van der Waals surface area contributed by atoms with Gasteiger partial charge in [0.05, 0.1) is 12.2 Å². The number of aryl methyl sites for hydroxylation is 1. The molecule has 0 saturated heterocycles. The van der Waals surface area contributed by atoms with Gasteiger partial charge in [-0.25, -0.2) is 4.79 Å². The number of aromatic nitrogens is 1. The lowest BCUT2D eigenvalue weighted by Crippen LogP contribution is -2.42. The number of urea groups is 1. The van der Waals surface area contributed by atoms with Crippen LogP contribution < -0.4 is 5.32 Å². The summed E-state index contributed by atoms with van der Waals surface area (Å²) in [6.45, 7) is 5.43. The number of pyridine rings is 1. The minimum atomic E-state index is -1.06. The van der Waals surface area contributed by atoms with Crippen molar-refractivity contribution in [3.05, 3.63) is 42.2 Å². The number of carbonyl (C=O) groups excluding carboxylic acids is 1. The van der Waals surface area contributed by atoms with Crippen molar-refractivity contribution in [1.82, 2.24) is 15.2 Å². The second-order valence-corrected chi connectivity index (χ2v) is 3.99. The number of nitrogens with zero attached hydrogens (tertiary/aromatic N) is 2. The Bertz CT molecular complexity index is 474. The summed E-state index contributed by atoms with van der Waals surface area (Å²) in [5.41, 5.74) is 1.59. The summed E-state index contributed by atoms with van der Waals surface area (Å²) in [7, 11) is 0. The highest BCUT2D eigenvalue weighted by Crippen LogP contribution is 1.98. The van der Waals surface area contributed by atoms with Gasteiger partial charge in [0.15, 0.2) is 0 Å². The van der Waals surface area contributed by atoms with E-state index < -0.39 is 12.0 Å². The fourth-order valence-corrected chi connectivity index (χ4v) is 1.51. The molecule has 19 heavy (non-hydrogen) atoms. The maximum Gasteiger partial charge on any atom is 0.323 e. The zero-order chi connectivity index (χ0) is 14.3. The van der Waals surface area contributed by atoms with E-state index >= 15 is 0 Å². The predicted octanol–water partition coefficient (Wildman–Crippen LogP) is 1.17. The summed E-state index contributed by atoms with van der Waals surface area (Å²) in [6, 6.07) is 5.05. The molecular weight excluding hydrogens is 246 g/mol. The van der Waals surface area contributed by atoms with Gasteiger partial charge in [-0.15, -0.1) is 6.58 Å². The number of carboxylic acid groups (broad SMARTS) is 1. The van der Waals surface area contributed by atoms with Gasteiger partial charge in [0.2, 0.25) is 0 Å². The Kier molecular flexibility index (Phi) is 5.53. The molecule has 0 bridgehead atoms. The van der Waals surface area contributed by atoms with Crippen molar-refractivity contribution in [2.24, 2.45) is 0 Å². The van der Waals surface area contributed by atoms with Gasteiger partial charge in [-0.05, 0) is 19.1 Å². The van der Waals surface area contributed by atoms with Crippen molar-refractivity contribution in [2.45, 2.75) is 13.5 Å². The van der Waals surface area contributed by atoms with Crippen LogP contribution in [0.2, 0.25) is 0 Å². The van der Waals surface area contributed by atoms with Gasteiger partial charge in [-0.2, -0.15) is 0 Å². The van der Waals surface area contributed by atoms with Crippen LogP contribution in [0.4, 0.5) is 4.79 Å². The first-order chi connectivity index (χ1) is 9.02. The van der Waals surface area contributed by atoms with Crippen LogP contribution in [0.3, 0.4) is 0 Å². The van der Waals surface area contributed by atoms with Gasteiger partial charge in [-0.3, -0.25) is 9.78 Å². The number of carbonyl (C=O) groups is 2. The number of carboxylic acids is 1. The average molecular weight is 263 g/mol. The van der Waals surface area contributed by atoms with Gasteiger partial charge in [0, 0.05) is 12.2 Å². The highest BCUT2D eigenvalue weighted by molar-refractivity contribution is 5.80. The molecule has 0 radical (unpaired) electrons. The first kappa shape index (κ1) is 14.7. The summed E-state index contributed by atoms with van der Waals surface area (Å²) < 4.78 is 0. The summed E-state index contributed by atoms with van der Waals surface area (Å²) >= 11 is 0. The number of nitrogens with one attached hydrogen (secondary N) is 1. The molecule has 0 fully saturated rings. The van der Waals surface area contributed by atoms with E-state index in [2.05, 4.69) is 16.9 Å². The maximum atomic E-state index is 11.8. The molecule has 0 unspecified atom stereocenters. The monoisotopic (exact) mass is 263 g/mol. The fourth-order valence-electron chi connectivity index (χ4n) is 1.51. The second kappa shape index (κ2) is 7.15. The first-order valence-corrected chi connectivity index (χ1v) is 5.81. The van der Waals surface area contributed by atoms with E-state index in [1.54, 1.807) is 6.07 Å². The van der Waals surface area contributed by atoms with Crippen molar-refractivity contribution in [1.29, 1.82) is 0 Å². The molecule has 2 N–H and O–H groups in total. The molecule has 6 heteroatoms. The Morgan fingerprint density at radius 3 is 2.84 bits per heavy atom. The Morgan fingerprint density at radius 2 is 2.26 bits per heavy atom. The zero-order valence-corrected chi connectivity index (χ0v) is 10.8. The van der Waals surface area contributed by atoms with E-state index in [0.29, 0.717) is 0 Å². The van der Waals surface area contributed by atoms with E-state index in [4.69, 9.17) is 5.11 Å². The number of hydrogen-bond acceptors (Lipinski definition) is 3. The predicted molar refractivity (Wildman–Crippen MR) is 70.6 cm³/mol. The summed E-state index contributed by atoms with van der Waals surface area (Å²) in [6.07, 6.45) is 1.48. The Hall–Kier alpha value is -2.37. The van der Waals surface area contributed by atoms with Crippen LogP contribution >= 0.6 is 0 Å². The number of rotatable bonds is 6. The lowest BCUT2D eigenvalue weighted by atomic mass is 10.3. The summed E-state index contributed by atoms with van der Waals surface area (Å²) in [4.78, 5) is 27.8. The first-order valence-electron chi connectivity index (χ1n) is 5.81. The van der Waals surface area contributed by atoms with Crippen molar-refractivity contribution in [3.8, 4) is 0 Å². The van der Waals surface area contributed by atoms with Crippen molar-refractivity contribution in [2.75, 3.05) is 13.1 Å². The van der Waals surface area contributed by atoms with Crippen molar-refractivity contribution < 1.29 is 14.7 Å². The number of aliphatic carboxylic acids is 1. The number of hydrogen-bond donors (Lipinski definition) is 2. The molecule has 6 nitrogen and oxygen atoms in total. The molecule has 0 atom stereocenters. The largest absolute Gasteiger partial charge is 0.480 e. The third-order valence-corrected chi connectivity index (χ3v) is 2.33. The van der Waals surface area contributed by atoms with Crippen LogP contribution in [0.15, 0.2) is 30.9 Å². The molecule has 1 heterocycles. The van der Waals surface area contributed by atoms with E-state index in [0.717, 1.165) is 16.3 Å². The van der Waals surface area contributed by atoms with Crippen molar-refractivity contribution in [3.63, 3.8) is 0 Å². The minimum absolute atomic E-state index is 0.180. The van der Waals surface area contributed by atoms with Gasteiger partial charge in [0.25, 0.3) is 0 Å². The smallest absolute Gasteiger partial charge is 0.323 e. The third kappa shape index (κ3) is 5.20. The highest BCUT2D eigenvalue weighted by atomic mass is 16.4. The molecule has 0 aliphatic rings. The lowest BCUT2D eigenvalue weighted by Gasteiger charge is -2.19. The Labute approximate surface area is 111 Å². The van der Waals surface area contributed by atoms with E-state index in [1.807, 2.05) is 19.1 Å². The molecular formula is C13H17N3O3. The van der Waals surface area contributed by atoms with Gasteiger partial charge < -0.3 is 15.3 Å². The molecule has 0 spiro atoms. The fraction of sp³-hybridized carbons (Fsp3) is 0.308. The zero-order valence-electron chi connectivity index (χ0n) is 10.8. The second-order valence-electron chi connectivity index (χ2n) is 3.99. The van der Waals surface area contributed by atoms with Crippen LogP contribution in [-0.4, -0.2) is 40.1 Å². The molecule has 1 aromatic heterocycles. The van der Waals surface area contributed by atoms with Crippen LogP contribution in [0, 0.1) is 6.92 Å². The van der Waals surface area contributed by atoms with Crippen LogP contribution in [0.5, 0.6) is 0 Å². The normalized spacial score (nSPS) is 9.74. The highest BCUT2D eigenvalue weighted by Gasteiger charge is 2.14. The summed E-state index contributed by atoms with van der Waals surface area (Å²) in [5.74, 6) is -1.06. The molecule has 0 aliphatic heterocycles. The van der Waals surface area contributed by atoms with E-state index in [-0.39, 0.29) is 19.6 Å². The van der Waals surface area contributed by atoms with E-state index in [9.17, 15) is 9.59 Å². The molecule has 1 rings (SSSR count). The molecule has 0 saturated carbocycles. The molecule has 0 aliphatic carbocycles.